The lowest BCUT2D eigenvalue weighted by atomic mass is 10.3. The number of furan rings is 1. The maximum atomic E-state index is 11.6. The molecule has 6 heteroatoms. The maximum absolute atomic E-state index is 11.6. The van der Waals surface area contributed by atoms with Gasteiger partial charge < -0.3 is 15.1 Å². The van der Waals surface area contributed by atoms with Crippen LogP contribution in [-0.4, -0.2) is 29.9 Å². The predicted molar refractivity (Wildman–Crippen MR) is 67.6 cm³/mol. The van der Waals surface area contributed by atoms with Gasteiger partial charge in [-0.1, -0.05) is 0 Å². The number of carbonyl (C=O) groups is 2. The smallest absolute Gasteiger partial charge is 0.287 e. The maximum Gasteiger partial charge on any atom is 0.287 e. The van der Waals surface area contributed by atoms with Gasteiger partial charge in [-0.2, -0.15) is 0 Å². The van der Waals surface area contributed by atoms with Gasteiger partial charge >= 0.3 is 0 Å². The minimum absolute atomic E-state index is 0.222. The van der Waals surface area contributed by atoms with E-state index in [1.165, 1.54) is 12.5 Å². The molecule has 2 N–H and O–H groups in total. The van der Waals surface area contributed by atoms with Crippen LogP contribution in [0.25, 0.3) is 0 Å². The van der Waals surface area contributed by atoms with Gasteiger partial charge in [0, 0.05) is 25.5 Å². The molecule has 0 radical (unpaired) electrons. The summed E-state index contributed by atoms with van der Waals surface area (Å²) in [5.41, 5.74) is 0.486. The summed E-state index contributed by atoms with van der Waals surface area (Å²) in [6.45, 7) is 0.658. The zero-order valence-corrected chi connectivity index (χ0v) is 10.1. The summed E-state index contributed by atoms with van der Waals surface area (Å²) >= 11 is 0. The van der Waals surface area contributed by atoms with Crippen LogP contribution in [0.3, 0.4) is 0 Å². The Morgan fingerprint density at radius 3 is 2.53 bits per heavy atom. The molecule has 98 valence electrons. The van der Waals surface area contributed by atoms with Crippen LogP contribution in [-0.2, 0) is 0 Å². The van der Waals surface area contributed by atoms with Crippen molar-refractivity contribution < 1.29 is 14.0 Å². The van der Waals surface area contributed by atoms with Gasteiger partial charge in [0.15, 0.2) is 5.76 Å². The second-order valence-electron chi connectivity index (χ2n) is 3.73. The zero-order valence-electron chi connectivity index (χ0n) is 10.1. The lowest BCUT2D eigenvalue weighted by Gasteiger charge is -2.05. The van der Waals surface area contributed by atoms with Crippen molar-refractivity contribution in [1.82, 2.24) is 15.6 Å². The number of aromatic nitrogens is 1. The highest BCUT2D eigenvalue weighted by Gasteiger charge is 2.08. The fourth-order valence-electron chi connectivity index (χ4n) is 1.45. The van der Waals surface area contributed by atoms with Crippen LogP contribution in [0.5, 0.6) is 0 Å². The summed E-state index contributed by atoms with van der Waals surface area (Å²) < 4.78 is 4.94. The normalized spacial score (nSPS) is 9.89. The summed E-state index contributed by atoms with van der Waals surface area (Å²) in [4.78, 5) is 27.0. The van der Waals surface area contributed by atoms with Crippen molar-refractivity contribution in [2.75, 3.05) is 13.1 Å². The van der Waals surface area contributed by atoms with Gasteiger partial charge in [0.1, 0.15) is 0 Å². The van der Waals surface area contributed by atoms with Gasteiger partial charge in [0.25, 0.3) is 11.8 Å². The molecule has 2 aromatic heterocycles. The molecule has 0 aliphatic rings. The average Bonchev–Trinajstić information content (AvgIpc) is 2.98. The third-order valence-electron chi connectivity index (χ3n) is 2.36. The lowest BCUT2D eigenvalue weighted by molar-refractivity contribution is 0.0910. The molecular formula is C13H13N3O3. The van der Waals surface area contributed by atoms with E-state index >= 15 is 0 Å². The van der Waals surface area contributed by atoms with Crippen LogP contribution < -0.4 is 10.6 Å². The first-order chi connectivity index (χ1) is 9.27. The predicted octanol–water partition coefficient (Wildman–Crippen LogP) is 0.834. The number of nitrogens with zero attached hydrogens (tertiary/aromatic N) is 1. The number of hydrogen-bond donors (Lipinski definition) is 2. The first kappa shape index (κ1) is 12.8. The third kappa shape index (κ3) is 3.67. The molecule has 0 aliphatic carbocycles. The second-order valence-corrected chi connectivity index (χ2v) is 3.73. The van der Waals surface area contributed by atoms with Crippen molar-refractivity contribution in [3.8, 4) is 0 Å². The molecule has 2 heterocycles. The molecule has 19 heavy (non-hydrogen) atoms. The molecule has 0 aliphatic heterocycles. The van der Waals surface area contributed by atoms with Crippen molar-refractivity contribution >= 4 is 11.8 Å². The molecule has 0 fully saturated rings. The highest BCUT2D eigenvalue weighted by Crippen LogP contribution is 1.98. The number of carbonyl (C=O) groups excluding carboxylic acids is 2. The van der Waals surface area contributed by atoms with E-state index in [0.717, 1.165) is 0 Å². The second kappa shape index (κ2) is 6.34. The molecule has 6 nitrogen and oxygen atoms in total. The van der Waals surface area contributed by atoms with Crippen LogP contribution in [0.2, 0.25) is 0 Å². The number of amides is 2. The monoisotopic (exact) mass is 259 g/mol. The molecule has 0 spiro atoms. The number of hydrogen-bond acceptors (Lipinski definition) is 4. The lowest BCUT2D eigenvalue weighted by Crippen LogP contribution is -2.34. The highest BCUT2D eigenvalue weighted by molar-refractivity contribution is 5.94. The van der Waals surface area contributed by atoms with E-state index in [1.807, 2.05) is 0 Å². The van der Waals surface area contributed by atoms with E-state index in [4.69, 9.17) is 4.42 Å². The summed E-state index contributed by atoms with van der Waals surface area (Å²) in [7, 11) is 0. The molecule has 2 rings (SSSR count). The quantitative estimate of drug-likeness (QED) is 0.779. The number of pyridine rings is 1. The first-order valence-corrected chi connectivity index (χ1v) is 5.77. The van der Waals surface area contributed by atoms with Crippen molar-refractivity contribution in [2.24, 2.45) is 0 Å². The Morgan fingerprint density at radius 1 is 1.11 bits per heavy atom. The molecular weight excluding hydrogens is 246 g/mol. The van der Waals surface area contributed by atoms with Crippen LogP contribution >= 0.6 is 0 Å². The summed E-state index contributed by atoms with van der Waals surface area (Å²) in [5, 5.41) is 5.30. The Labute approximate surface area is 109 Å². The first-order valence-electron chi connectivity index (χ1n) is 5.77. The Bertz CT molecular complexity index is 538. The molecule has 0 saturated carbocycles. The van der Waals surface area contributed by atoms with E-state index in [1.54, 1.807) is 30.5 Å². The summed E-state index contributed by atoms with van der Waals surface area (Å²) in [6, 6.07) is 6.57. The number of nitrogens with one attached hydrogen (secondary N) is 2. The Morgan fingerprint density at radius 2 is 1.89 bits per heavy atom. The third-order valence-corrected chi connectivity index (χ3v) is 2.36. The largest absolute Gasteiger partial charge is 0.459 e. The summed E-state index contributed by atoms with van der Waals surface area (Å²) in [6.07, 6.45) is 4.51. The molecule has 0 aromatic carbocycles. The van der Waals surface area contributed by atoms with Gasteiger partial charge in [-0.05, 0) is 24.3 Å². The molecule has 0 unspecified atom stereocenters. The zero-order chi connectivity index (χ0) is 13.5. The molecule has 0 bridgehead atoms. The van der Waals surface area contributed by atoms with Crippen LogP contribution in [0.1, 0.15) is 20.9 Å². The Balaban J connectivity index is 1.70. The van der Waals surface area contributed by atoms with Crippen LogP contribution in [0.4, 0.5) is 0 Å². The fourth-order valence-corrected chi connectivity index (χ4v) is 1.45. The SMILES string of the molecule is O=C(NCCNC(=O)c1ccco1)c1cccnc1. The minimum Gasteiger partial charge on any atom is -0.459 e. The van der Waals surface area contributed by atoms with Crippen molar-refractivity contribution in [3.05, 3.63) is 54.2 Å². The van der Waals surface area contributed by atoms with Gasteiger partial charge in [0.2, 0.25) is 0 Å². The van der Waals surface area contributed by atoms with Crippen molar-refractivity contribution in [1.29, 1.82) is 0 Å². The molecule has 2 aromatic rings. The average molecular weight is 259 g/mol. The standard InChI is InChI=1S/C13H13N3O3/c17-12(10-3-1-5-14-9-10)15-6-7-16-13(18)11-4-2-8-19-11/h1-5,8-9H,6-7H2,(H,15,17)(H,16,18). The van der Waals surface area contributed by atoms with Crippen molar-refractivity contribution in [3.63, 3.8) is 0 Å². The van der Waals surface area contributed by atoms with Gasteiger partial charge in [0.05, 0.1) is 11.8 Å². The fraction of sp³-hybridized carbons (Fsp3) is 0.154. The molecule has 0 saturated heterocycles. The van der Waals surface area contributed by atoms with E-state index in [9.17, 15) is 9.59 Å². The summed E-state index contributed by atoms with van der Waals surface area (Å²) in [5.74, 6) is -0.278. The van der Waals surface area contributed by atoms with Gasteiger partial charge in [-0.3, -0.25) is 14.6 Å². The van der Waals surface area contributed by atoms with Crippen molar-refractivity contribution in [2.45, 2.75) is 0 Å². The molecule has 0 atom stereocenters. The molecule has 2 amide bonds. The van der Waals surface area contributed by atoms with Gasteiger partial charge in [-0.15, -0.1) is 0 Å². The van der Waals surface area contributed by atoms with E-state index in [0.29, 0.717) is 18.7 Å². The van der Waals surface area contributed by atoms with E-state index < -0.39 is 0 Å². The highest BCUT2D eigenvalue weighted by atomic mass is 16.3. The van der Waals surface area contributed by atoms with Crippen LogP contribution in [0, 0.1) is 0 Å². The van der Waals surface area contributed by atoms with E-state index in [-0.39, 0.29) is 17.6 Å². The Kier molecular flexibility index (Phi) is 4.28. The van der Waals surface area contributed by atoms with Crippen LogP contribution in [0.15, 0.2) is 47.3 Å². The number of rotatable bonds is 5. The Hall–Kier alpha value is -2.63. The van der Waals surface area contributed by atoms with E-state index in [2.05, 4.69) is 15.6 Å². The topological polar surface area (TPSA) is 84.2 Å². The minimum atomic E-state index is -0.305. The van der Waals surface area contributed by atoms with Gasteiger partial charge in [-0.25, -0.2) is 0 Å².